The highest BCUT2D eigenvalue weighted by atomic mass is 35.5. The first-order valence-electron chi connectivity index (χ1n) is 7.69. The third-order valence-electron chi connectivity index (χ3n) is 4.46. The summed E-state index contributed by atoms with van der Waals surface area (Å²) < 4.78 is 0. The van der Waals surface area contributed by atoms with Crippen molar-refractivity contribution in [2.45, 2.75) is 62.8 Å². The molecule has 0 saturated heterocycles. The van der Waals surface area contributed by atoms with Crippen molar-refractivity contribution in [2.75, 3.05) is 6.54 Å². The summed E-state index contributed by atoms with van der Waals surface area (Å²) in [6.07, 6.45) is 9.09. The Hall–Kier alpha value is -0.360. The maximum absolute atomic E-state index is 11.7. The van der Waals surface area contributed by atoms with Crippen LogP contribution in [0.25, 0.3) is 0 Å². The topological polar surface area (TPSA) is 68.0 Å². The molecule has 0 atom stereocenters. The number of hydrogen-bond acceptors (Lipinski definition) is 4. The predicted octanol–water partition coefficient (Wildman–Crippen LogP) is 3.18. The average molecular weight is 366 g/mol. The van der Waals surface area contributed by atoms with Gasteiger partial charge >= 0.3 is 0 Å². The highest BCUT2D eigenvalue weighted by Crippen LogP contribution is 2.33. The van der Waals surface area contributed by atoms with Crippen molar-refractivity contribution in [2.24, 2.45) is 5.73 Å². The van der Waals surface area contributed by atoms with Crippen LogP contribution in [0.3, 0.4) is 0 Å². The van der Waals surface area contributed by atoms with Gasteiger partial charge in [0.2, 0.25) is 5.91 Å². The van der Waals surface area contributed by atoms with E-state index in [2.05, 4.69) is 10.7 Å². The van der Waals surface area contributed by atoms with E-state index in [4.69, 9.17) is 10.7 Å². The van der Waals surface area contributed by atoms with Crippen molar-refractivity contribution in [1.29, 1.82) is 0 Å². The fraction of sp³-hybridized carbons (Fsp3) is 0.733. The summed E-state index contributed by atoms with van der Waals surface area (Å²) in [5.74, 6) is 0.670. The Kier molecular flexibility index (Phi) is 7.59. The molecule has 1 amide bonds. The van der Waals surface area contributed by atoms with Gasteiger partial charge in [-0.1, -0.05) is 19.3 Å². The van der Waals surface area contributed by atoms with Crippen LogP contribution in [0.1, 0.15) is 61.6 Å². The van der Waals surface area contributed by atoms with Gasteiger partial charge in [-0.3, -0.25) is 4.79 Å². The number of carbonyl (C=O) groups excluding carboxylic acids is 1. The lowest BCUT2D eigenvalue weighted by atomic mass is 9.87. The zero-order valence-electron chi connectivity index (χ0n) is 12.7. The number of nitrogens with two attached hydrogens (primary N) is 1. The number of halogens is 2. The van der Waals surface area contributed by atoms with Crippen molar-refractivity contribution in [3.05, 3.63) is 16.1 Å². The molecule has 1 aromatic rings. The number of hydrogen-bond donors (Lipinski definition) is 2. The van der Waals surface area contributed by atoms with Gasteiger partial charge in [0.15, 0.2) is 0 Å². The molecule has 3 N–H and O–H groups in total. The Bertz CT molecular complexity index is 485. The number of nitrogens with zero attached hydrogens (tertiary/aromatic N) is 1. The molecule has 4 nitrogen and oxygen atoms in total. The maximum atomic E-state index is 11.7. The van der Waals surface area contributed by atoms with E-state index in [-0.39, 0.29) is 30.7 Å². The van der Waals surface area contributed by atoms with E-state index in [9.17, 15) is 4.79 Å². The molecule has 0 aromatic carbocycles. The molecule has 3 rings (SSSR count). The minimum Gasteiger partial charge on any atom is -0.354 e. The number of amides is 1. The lowest BCUT2D eigenvalue weighted by Crippen LogP contribution is -2.43. The quantitative estimate of drug-likeness (QED) is 0.841. The molecule has 0 spiro atoms. The highest BCUT2D eigenvalue weighted by molar-refractivity contribution is 7.09. The summed E-state index contributed by atoms with van der Waals surface area (Å²) in [7, 11) is 0. The SMILES string of the molecule is Cl.Cl.NC1(C(=O)NCCc2nc(C3CCCCC3)cs2)CC1. The van der Waals surface area contributed by atoms with Crippen molar-refractivity contribution >= 4 is 42.1 Å². The van der Waals surface area contributed by atoms with Crippen LogP contribution in [0.2, 0.25) is 0 Å². The van der Waals surface area contributed by atoms with Gasteiger partial charge in [-0.2, -0.15) is 0 Å². The Morgan fingerprint density at radius 3 is 2.64 bits per heavy atom. The van der Waals surface area contributed by atoms with Crippen LogP contribution in [0.5, 0.6) is 0 Å². The molecule has 0 aliphatic heterocycles. The van der Waals surface area contributed by atoms with Crippen LogP contribution < -0.4 is 11.1 Å². The van der Waals surface area contributed by atoms with E-state index in [1.807, 2.05) is 0 Å². The van der Waals surface area contributed by atoms with Crippen LogP contribution in [0.15, 0.2) is 5.38 Å². The summed E-state index contributed by atoms with van der Waals surface area (Å²) >= 11 is 1.72. The summed E-state index contributed by atoms with van der Waals surface area (Å²) in [6.45, 7) is 0.648. The van der Waals surface area contributed by atoms with E-state index >= 15 is 0 Å². The van der Waals surface area contributed by atoms with Gasteiger partial charge in [0, 0.05) is 24.3 Å². The Labute approximate surface area is 148 Å². The molecule has 0 unspecified atom stereocenters. The van der Waals surface area contributed by atoms with Crippen LogP contribution in [-0.4, -0.2) is 23.0 Å². The molecule has 2 aliphatic carbocycles. The van der Waals surface area contributed by atoms with Gasteiger partial charge in [0.1, 0.15) is 0 Å². The summed E-state index contributed by atoms with van der Waals surface area (Å²) in [6, 6.07) is 0. The normalized spacial score (nSPS) is 19.7. The second-order valence-electron chi connectivity index (χ2n) is 6.16. The van der Waals surface area contributed by atoms with Crippen LogP contribution in [0, 0.1) is 0 Å². The molecule has 0 radical (unpaired) electrons. The third-order valence-corrected chi connectivity index (χ3v) is 5.39. The minimum absolute atomic E-state index is 0. The van der Waals surface area contributed by atoms with Crippen LogP contribution >= 0.6 is 36.2 Å². The van der Waals surface area contributed by atoms with Crippen LogP contribution in [0.4, 0.5) is 0 Å². The first kappa shape index (κ1) is 19.7. The fourth-order valence-electron chi connectivity index (χ4n) is 2.85. The van der Waals surface area contributed by atoms with Crippen molar-refractivity contribution < 1.29 is 4.79 Å². The first-order valence-corrected chi connectivity index (χ1v) is 8.57. The molecule has 126 valence electrons. The summed E-state index contributed by atoms with van der Waals surface area (Å²) in [5, 5.41) is 6.26. The van der Waals surface area contributed by atoms with Crippen molar-refractivity contribution in [3.63, 3.8) is 0 Å². The lowest BCUT2D eigenvalue weighted by Gasteiger charge is -2.19. The van der Waals surface area contributed by atoms with Gasteiger partial charge in [-0.15, -0.1) is 36.2 Å². The molecule has 1 aromatic heterocycles. The van der Waals surface area contributed by atoms with Gasteiger partial charge < -0.3 is 11.1 Å². The Balaban J connectivity index is 0.00000121. The molecule has 1 heterocycles. The minimum atomic E-state index is -0.559. The van der Waals surface area contributed by atoms with Crippen molar-refractivity contribution in [3.8, 4) is 0 Å². The molecular weight excluding hydrogens is 341 g/mol. The first-order chi connectivity index (χ1) is 9.67. The molecule has 2 saturated carbocycles. The van der Waals surface area contributed by atoms with E-state index in [0.29, 0.717) is 12.5 Å². The molecule has 7 heteroatoms. The largest absolute Gasteiger partial charge is 0.354 e. The molecular formula is C15H25Cl2N3OS. The van der Waals surface area contributed by atoms with Crippen LogP contribution in [-0.2, 0) is 11.2 Å². The zero-order valence-corrected chi connectivity index (χ0v) is 15.1. The standard InChI is InChI=1S/C15H23N3OS.2ClH/c16-15(7-8-15)14(19)17-9-6-13-18-12(10-20-13)11-4-2-1-3-5-11;;/h10-11H,1-9,16H2,(H,17,19);2*1H. The third kappa shape index (κ3) is 4.82. The van der Waals surface area contributed by atoms with E-state index in [0.717, 1.165) is 24.3 Å². The zero-order chi connectivity index (χ0) is 14.0. The number of aromatic nitrogens is 1. The van der Waals surface area contributed by atoms with E-state index in [1.54, 1.807) is 11.3 Å². The molecule has 2 aliphatic rings. The maximum Gasteiger partial charge on any atom is 0.240 e. The Morgan fingerprint density at radius 2 is 2.00 bits per heavy atom. The molecule has 22 heavy (non-hydrogen) atoms. The lowest BCUT2D eigenvalue weighted by molar-refractivity contribution is -0.123. The average Bonchev–Trinajstić information content (AvgIpc) is 3.05. The number of carbonyl (C=O) groups is 1. The van der Waals surface area contributed by atoms with E-state index < -0.39 is 5.54 Å². The summed E-state index contributed by atoms with van der Waals surface area (Å²) in [4.78, 5) is 16.5. The molecule has 2 fully saturated rings. The number of rotatable bonds is 5. The van der Waals surface area contributed by atoms with Crippen molar-refractivity contribution in [1.82, 2.24) is 10.3 Å². The second kappa shape index (κ2) is 8.48. The molecule has 0 bridgehead atoms. The monoisotopic (exact) mass is 365 g/mol. The Morgan fingerprint density at radius 1 is 1.32 bits per heavy atom. The number of thiazole rings is 1. The van der Waals surface area contributed by atoms with Gasteiger partial charge in [0.05, 0.1) is 16.2 Å². The summed E-state index contributed by atoms with van der Waals surface area (Å²) in [5.41, 5.74) is 6.56. The predicted molar refractivity (Wildman–Crippen MR) is 95.3 cm³/mol. The van der Waals surface area contributed by atoms with E-state index in [1.165, 1.54) is 37.8 Å². The smallest absolute Gasteiger partial charge is 0.240 e. The highest BCUT2D eigenvalue weighted by Gasteiger charge is 2.45. The fourth-order valence-corrected chi connectivity index (χ4v) is 3.73. The van der Waals surface area contributed by atoms with Gasteiger partial charge in [-0.25, -0.2) is 4.98 Å². The number of nitrogens with one attached hydrogen (secondary N) is 1. The van der Waals surface area contributed by atoms with Gasteiger partial charge in [0.25, 0.3) is 0 Å². The van der Waals surface area contributed by atoms with Gasteiger partial charge in [-0.05, 0) is 25.7 Å². The second-order valence-corrected chi connectivity index (χ2v) is 7.11.